The minimum absolute atomic E-state index is 0.111. The van der Waals surface area contributed by atoms with Crippen molar-refractivity contribution in [3.63, 3.8) is 0 Å². The molecule has 0 aromatic rings. The summed E-state index contributed by atoms with van der Waals surface area (Å²) in [5, 5.41) is 27.4. The Hall–Kier alpha value is -0.380. The maximum Gasteiger partial charge on any atom is 0.151 e. The van der Waals surface area contributed by atoms with Crippen molar-refractivity contribution in [1.29, 1.82) is 0 Å². The first-order valence-electron chi connectivity index (χ1n) is 9.82. The standard InChI is InChI=1S/C20H40O3/c1-2-3-4-5-6-7-10-13-16-19(21)17-14-11-8-9-12-15-18-20(22)23/h2,19-23H,1,3-18H2. The molecule has 3 heteroatoms. The van der Waals surface area contributed by atoms with Gasteiger partial charge in [-0.05, 0) is 38.5 Å². The van der Waals surface area contributed by atoms with Gasteiger partial charge in [-0.1, -0.05) is 70.3 Å². The molecule has 3 N–H and O–H groups in total. The SMILES string of the molecule is C=CCCCCCCCCC(O)CCCCCCCCC(O)O. The Labute approximate surface area is 143 Å². The van der Waals surface area contributed by atoms with Gasteiger partial charge < -0.3 is 15.3 Å². The minimum atomic E-state index is -1.14. The highest BCUT2D eigenvalue weighted by Crippen LogP contribution is 2.14. The van der Waals surface area contributed by atoms with E-state index in [-0.39, 0.29) is 6.10 Å². The lowest BCUT2D eigenvalue weighted by molar-refractivity contribution is -0.0466. The van der Waals surface area contributed by atoms with Gasteiger partial charge in [-0.3, -0.25) is 0 Å². The summed E-state index contributed by atoms with van der Waals surface area (Å²) in [5.74, 6) is 0. The van der Waals surface area contributed by atoms with Crippen LogP contribution in [0.2, 0.25) is 0 Å². The molecule has 1 atom stereocenters. The van der Waals surface area contributed by atoms with E-state index in [2.05, 4.69) is 6.58 Å². The third kappa shape index (κ3) is 19.6. The third-order valence-corrected chi connectivity index (χ3v) is 4.45. The van der Waals surface area contributed by atoms with Gasteiger partial charge in [0.1, 0.15) is 0 Å². The van der Waals surface area contributed by atoms with E-state index >= 15 is 0 Å². The quantitative estimate of drug-likeness (QED) is 0.187. The van der Waals surface area contributed by atoms with E-state index in [4.69, 9.17) is 10.2 Å². The van der Waals surface area contributed by atoms with Crippen molar-refractivity contribution >= 4 is 0 Å². The first kappa shape index (κ1) is 22.6. The van der Waals surface area contributed by atoms with E-state index in [9.17, 15) is 5.11 Å². The van der Waals surface area contributed by atoms with Crippen LogP contribution in [0.3, 0.4) is 0 Å². The summed E-state index contributed by atoms with van der Waals surface area (Å²) >= 11 is 0. The highest BCUT2D eigenvalue weighted by molar-refractivity contribution is 4.65. The van der Waals surface area contributed by atoms with Crippen LogP contribution in [0.1, 0.15) is 103 Å². The highest BCUT2D eigenvalue weighted by Gasteiger charge is 2.04. The number of aliphatic hydroxyl groups excluding tert-OH is 2. The number of aliphatic hydroxyl groups is 3. The van der Waals surface area contributed by atoms with E-state index in [1.165, 1.54) is 44.9 Å². The topological polar surface area (TPSA) is 60.7 Å². The van der Waals surface area contributed by atoms with Crippen molar-refractivity contribution in [3.8, 4) is 0 Å². The molecule has 0 heterocycles. The molecule has 0 spiro atoms. The number of hydrogen-bond donors (Lipinski definition) is 3. The van der Waals surface area contributed by atoms with Gasteiger partial charge in [0.2, 0.25) is 0 Å². The van der Waals surface area contributed by atoms with Gasteiger partial charge in [0.05, 0.1) is 6.10 Å². The van der Waals surface area contributed by atoms with E-state index in [0.717, 1.165) is 51.4 Å². The zero-order chi connectivity index (χ0) is 17.2. The van der Waals surface area contributed by atoms with Crippen LogP contribution in [0.4, 0.5) is 0 Å². The van der Waals surface area contributed by atoms with Crippen molar-refractivity contribution in [3.05, 3.63) is 12.7 Å². The average Bonchev–Trinajstić information content (AvgIpc) is 2.52. The molecular formula is C20H40O3. The van der Waals surface area contributed by atoms with E-state index in [1.54, 1.807) is 0 Å². The fraction of sp³-hybridized carbons (Fsp3) is 0.900. The normalized spacial score (nSPS) is 12.7. The molecular weight excluding hydrogens is 288 g/mol. The van der Waals surface area contributed by atoms with Gasteiger partial charge in [-0.25, -0.2) is 0 Å². The highest BCUT2D eigenvalue weighted by atomic mass is 16.5. The summed E-state index contributed by atoms with van der Waals surface area (Å²) in [6.07, 6.45) is 18.5. The van der Waals surface area contributed by atoms with E-state index in [1.807, 2.05) is 6.08 Å². The fourth-order valence-electron chi connectivity index (χ4n) is 2.93. The van der Waals surface area contributed by atoms with Crippen molar-refractivity contribution in [2.45, 2.75) is 115 Å². The Morgan fingerprint density at radius 1 is 0.565 bits per heavy atom. The lowest BCUT2D eigenvalue weighted by Gasteiger charge is -2.10. The van der Waals surface area contributed by atoms with Crippen LogP contribution in [0.15, 0.2) is 12.7 Å². The monoisotopic (exact) mass is 328 g/mol. The molecule has 0 aliphatic rings. The van der Waals surface area contributed by atoms with Crippen LogP contribution >= 0.6 is 0 Å². The molecule has 0 radical (unpaired) electrons. The summed E-state index contributed by atoms with van der Waals surface area (Å²) in [6.45, 7) is 3.74. The van der Waals surface area contributed by atoms with Crippen LogP contribution < -0.4 is 0 Å². The van der Waals surface area contributed by atoms with Gasteiger partial charge in [-0.15, -0.1) is 6.58 Å². The van der Waals surface area contributed by atoms with Crippen LogP contribution in [0, 0.1) is 0 Å². The number of allylic oxidation sites excluding steroid dienone is 1. The molecule has 0 bridgehead atoms. The smallest absolute Gasteiger partial charge is 0.151 e. The summed E-state index contributed by atoms with van der Waals surface area (Å²) < 4.78 is 0. The number of hydrogen-bond acceptors (Lipinski definition) is 3. The lowest BCUT2D eigenvalue weighted by Crippen LogP contribution is -2.06. The van der Waals surface area contributed by atoms with E-state index < -0.39 is 6.29 Å². The van der Waals surface area contributed by atoms with Gasteiger partial charge in [-0.2, -0.15) is 0 Å². The molecule has 0 saturated heterocycles. The minimum Gasteiger partial charge on any atom is -0.393 e. The van der Waals surface area contributed by atoms with Crippen LogP contribution in [0.25, 0.3) is 0 Å². The van der Waals surface area contributed by atoms with Crippen LogP contribution in [0.5, 0.6) is 0 Å². The molecule has 0 aromatic carbocycles. The number of rotatable bonds is 18. The molecule has 138 valence electrons. The first-order chi connectivity index (χ1) is 11.2. The summed E-state index contributed by atoms with van der Waals surface area (Å²) in [6, 6.07) is 0. The molecule has 0 aliphatic carbocycles. The molecule has 0 aromatic heterocycles. The Balaban J connectivity index is 3.16. The van der Waals surface area contributed by atoms with Crippen molar-refractivity contribution in [2.24, 2.45) is 0 Å². The van der Waals surface area contributed by atoms with Gasteiger partial charge in [0.25, 0.3) is 0 Å². The Morgan fingerprint density at radius 3 is 1.39 bits per heavy atom. The van der Waals surface area contributed by atoms with Crippen molar-refractivity contribution < 1.29 is 15.3 Å². The molecule has 0 fully saturated rings. The van der Waals surface area contributed by atoms with Crippen molar-refractivity contribution in [2.75, 3.05) is 0 Å². The Bertz CT molecular complexity index is 241. The molecule has 0 rings (SSSR count). The zero-order valence-corrected chi connectivity index (χ0v) is 15.1. The second-order valence-corrected chi connectivity index (χ2v) is 6.82. The molecule has 0 amide bonds. The second kappa shape index (κ2) is 18.0. The lowest BCUT2D eigenvalue weighted by atomic mass is 10.0. The van der Waals surface area contributed by atoms with Gasteiger partial charge in [0, 0.05) is 0 Å². The van der Waals surface area contributed by atoms with E-state index in [0.29, 0.717) is 6.42 Å². The fourth-order valence-corrected chi connectivity index (χ4v) is 2.93. The maximum atomic E-state index is 9.96. The summed E-state index contributed by atoms with van der Waals surface area (Å²) in [5.41, 5.74) is 0. The van der Waals surface area contributed by atoms with Crippen LogP contribution in [-0.2, 0) is 0 Å². The molecule has 0 saturated carbocycles. The first-order valence-corrected chi connectivity index (χ1v) is 9.82. The number of unbranched alkanes of at least 4 members (excludes halogenated alkanes) is 11. The van der Waals surface area contributed by atoms with Crippen LogP contribution in [-0.4, -0.2) is 27.7 Å². The average molecular weight is 329 g/mol. The Morgan fingerprint density at radius 2 is 0.957 bits per heavy atom. The maximum absolute atomic E-state index is 9.96. The third-order valence-electron chi connectivity index (χ3n) is 4.45. The summed E-state index contributed by atoms with van der Waals surface area (Å²) in [7, 11) is 0. The summed E-state index contributed by atoms with van der Waals surface area (Å²) in [4.78, 5) is 0. The zero-order valence-electron chi connectivity index (χ0n) is 15.1. The largest absolute Gasteiger partial charge is 0.393 e. The predicted octanol–water partition coefficient (Wildman–Crippen LogP) is 5.09. The molecule has 3 nitrogen and oxygen atoms in total. The molecule has 23 heavy (non-hydrogen) atoms. The molecule has 0 aliphatic heterocycles. The predicted molar refractivity (Wildman–Crippen MR) is 98.3 cm³/mol. The second-order valence-electron chi connectivity index (χ2n) is 6.82. The molecule has 1 unspecified atom stereocenters. The van der Waals surface area contributed by atoms with Crippen molar-refractivity contribution in [1.82, 2.24) is 0 Å². The Kier molecular flexibility index (Phi) is 17.7. The van der Waals surface area contributed by atoms with Gasteiger partial charge in [0.15, 0.2) is 6.29 Å². The van der Waals surface area contributed by atoms with Gasteiger partial charge >= 0.3 is 0 Å².